The predicted octanol–water partition coefficient (Wildman–Crippen LogP) is 3.25. The summed E-state index contributed by atoms with van der Waals surface area (Å²) >= 11 is -0.358. The summed E-state index contributed by atoms with van der Waals surface area (Å²) in [5.74, 6) is 0.886. The number of hydrogen-bond donors (Lipinski definition) is 0. The molecule has 0 aliphatic heterocycles. The molecule has 2 heteroatoms. The van der Waals surface area contributed by atoms with Crippen LogP contribution in [0.5, 0.6) is 5.75 Å². The first-order valence-electron chi connectivity index (χ1n) is 6.03. The molecule has 2 rings (SSSR count). The van der Waals surface area contributed by atoms with Gasteiger partial charge in [-0.05, 0) is 0 Å². The molecule has 0 unspecified atom stereocenters. The summed E-state index contributed by atoms with van der Waals surface area (Å²) in [7, 11) is 1.68. The van der Waals surface area contributed by atoms with Gasteiger partial charge in [0.05, 0.1) is 0 Å². The van der Waals surface area contributed by atoms with Gasteiger partial charge in [0.1, 0.15) is 0 Å². The summed E-state index contributed by atoms with van der Waals surface area (Å²) in [6.07, 6.45) is 4.18. The van der Waals surface area contributed by atoms with Crippen molar-refractivity contribution < 1.29 is 4.74 Å². The molecular weight excluding hydrogens is 348 g/mol. The van der Waals surface area contributed by atoms with E-state index in [1.807, 2.05) is 18.2 Å². The van der Waals surface area contributed by atoms with Gasteiger partial charge in [-0.15, -0.1) is 0 Å². The molecule has 0 aliphatic carbocycles. The molecule has 0 N–H and O–H groups in total. The molecule has 0 saturated carbocycles. The van der Waals surface area contributed by atoms with Crippen LogP contribution in [0.3, 0.4) is 0 Å². The van der Waals surface area contributed by atoms with E-state index in [-0.39, 0.29) is 20.9 Å². The molecule has 2 aromatic rings. The zero-order valence-corrected chi connectivity index (χ0v) is 13.2. The second-order valence-electron chi connectivity index (χ2n) is 3.94. The Morgan fingerprint density at radius 1 is 1.05 bits per heavy atom. The minimum atomic E-state index is -0.358. The minimum absolute atomic E-state index is 0.358. The van der Waals surface area contributed by atoms with Crippen molar-refractivity contribution in [1.29, 1.82) is 0 Å². The van der Waals surface area contributed by atoms with Gasteiger partial charge in [0.2, 0.25) is 0 Å². The van der Waals surface area contributed by atoms with Gasteiger partial charge in [-0.25, -0.2) is 0 Å². The van der Waals surface area contributed by atoms with E-state index < -0.39 is 0 Å². The second kappa shape index (κ2) is 7.19. The maximum atomic E-state index is 5.16. The van der Waals surface area contributed by atoms with Gasteiger partial charge in [0.15, 0.2) is 0 Å². The molecule has 0 radical (unpaired) electrons. The van der Waals surface area contributed by atoms with Crippen molar-refractivity contribution in [2.45, 2.75) is 0 Å². The van der Waals surface area contributed by atoms with Gasteiger partial charge >= 0.3 is 125 Å². The number of rotatable bonds is 5. The zero-order valence-electron chi connectivity index (χ0n) is 10.9. The third-order valence-electron chi connectivity index (χ3n) is 2.60. The van der Waals surface area contributed by atoms with Crippen molar-refractivity contribution >= 4 is 30.6 Å². The fourth-order valence-corrected chi connectivity index (χ4v) is 4.03. The van der Waals surface area contributed by atoms with Gasteiger partial charge < -0.3 is 0 Å². The first-order valence-corrected chi connectivity index (χ1v) is 8.36. The topological polar surface area (TPSA) is 9.23 Å². The summed E-state index contributed by atoms with van der Waals surface area (Å²) in [4.78, 5) is 0. The maximum absolute atomic E-state index is 5.16. The van der Waals surface area contributed by atoms with Crippen LogP contribution in [-0.4, -0.2) is 28.0 Å². The SMILES string of the molecule is C=C/C(=C/c1ccc(OC)cc1)[Te]c1ccccc1. The van der Waals surface area contributed by atoms with E-state index in [4.69, 9.17) is 4.74 Å². The Hall–Kier alpha value is -1.49. The molecule has 0 amide bonds. The first-order chi connectivity index (χ1) is 9.31. The molecule has 0 atom stereocenters. The van der Waals surface area contributed by atoms with E-state index in [2.05, 4.69) is 55.1 Å². The van der Waals surface area contributed by atoms with E-state index in [0.29, 0.717) is 0 Å². The Kier molecular flexibility index (Phi) is 5.27. The standard InChI is InChI=1S/C17H16OTe/c1-3-16(19-17-7-5-4-6-8-17)13-14-9-11-15(18-2)12-10-14/h3-13H,1H2,2H3/b16-13-. The van der Waals surface area contributed by atoms with Crippen LogP contribution in [0.25, 0.3) is 6.08 Å². The van der Waals surface area contributed by atoms with Gasteiger partial charge in [-0.3, -0.25) is 0 Å². The van der Waals surface area contributed by atoms with Crippen LogP contribution in [0.15, 0.2) is 70.9 Å². The summed E-state index contributed by atoms with van der Waals surface area (Å²) in [5.41, 5.74) is 1.19. The van der Waals surface area contributed by atoms with E-state index in [1.165, 1.54) is 12.8 Å². The van der Waals surface area contributed by atoms with Crippen LogP contribution in [0.1, 0.15) is 5.56 Å². The number of ether oxygens (including phenoxy) is 1. The molecular formula is C17H16OTe. The molecule has 1 nitrogen and oxygen atoms in total. The van der Waals surface area contributed by atoms with Crippen LogP contribution < -0.4 is 8.35 Å². The zero-order chi connectivity index (χ0) is 13.5. The number of methoxy groups -OCH3 is 1. The van der Waals surface area contributed by atoms with Crippen molar-refractivity contribution in [3.8, 4) is 5.75 Å². The van der Waals surface area contributed by atoms with Crippen molar-refractivity contribution in [3.63, 3.8) is 0 Å². The van der Waals surface area contributed by atoms with Gasteiger partial charge in [0.25, 0.3) is 0 Å². The summed E-state index contributed by atoms with van der Waals surface area (Å²) < 4.78 is 7.92. The Balaban J connectivity index is 2.16. The van der Waals surface area contributed by atoms with Crippen LogP contribution in [-0.2, 0) is 0 Å². The summed E-state index contributed by atoms with van der Waals surface area (Å²) in [6, 6.07) is 18.7. The van der Waals surface area contributed by atoms with Crippen LogP contribution >= 0.6 is 0 Å². The molecule has 2 aromatic carbocycles. The molecule has 0 bridgehead atoms. The molecule has 96 valence electrons. The molecule has 0 aliphatic rings. The molecule has 0 spiro atoms. The Bertz CT molecular complexity index is 556. The number of hydrogen-bond acceptors (Lipinski definition) is 1. The van der Waals surface area contributed by atoms with Crippen molar-refractivity contribution in [3.05, 3.63) is 76.4 Å². The van der Waals surface area contributed by atoms with Crippen LogP contribution in [0.2, 0.25) is 0 Å². The van der Waals surface area contributed by atoms with Crippen molar-refractivity contribution in [1.82, 2.24) is 0 Å². The summed E-state index contributed by atoms with van der Waals surface area (Å²) in [5, 5.41) is 0. The average molecular weight is 364 g/mol. The van der Waals surface area contributed by atoms with E-state index >= 15 is 0 Å². The molecule has 0 aromatic heterocycles. The fourth-order valence-electron chi connectivity index (χ4n) is 1.62. The van der Waals surface area contributed by atoms with E-state index in [9.17, 15) is 0 Å². The quantitative estimate of drug-likeness (QED) is 0.585. The van der Waals surface area contributed by atoms with Gasteiger partial charge in [-0.1, -0.05) is 0 Å². The fraction of sp³-hybridized carbons (Fsp3) is 0.0588. The second-order valence-corrected chi connectivity index (χ2v) is 7.21. The Labute approximate surface area is 124 Å². The van der Waals surface area contributed by atoms with Crippen molar-refractivity contribution in [2.75, 3.05) is 7.11 Å². The van der Waals surface area contributed by atoms with Crippen LogP contribution in [0, 0.1) is 0 Å². The van der Waals surface area contributed by atoms with Gasteiger partial charge in [-0.2, -0.15) is 0 Å². The van der Waals surface area contributed by atoms with Gasteiger partial charge in [0, 0.05) is 0 Å². The molecule has 0 saturated heterocycles. The van der Waals surface area contributed by atoms with Crippen LogP contribution in [0.4, 0.5) is 0 Å². The summed E-state index contributed by atoms with van der Waals surface area (Å²) in [6.45, 7) is 3.93. The predicted molar refractivity (Wildman–Crippen MR) is 83.0 cm³/mol. The molecule has 19 heavy (non-hydrogen) atoms. The molecule has 0 heterocycles. The third-order valence-corrected chi connectivity index (χ3v) is 5.54. The first kappa shape index (κ1) is 13.9. The van der Waals surface area contributed by atoms with E-state index in [1.54, 1.807) is 7.11 Å². The number of benzene rings is 2. The molecule has 0 fully saturated rings. The monoisotopic (exact) mass is 366 g/mol. The van der Waals surface area contributed by atoms with E-state index in [0.717, 1.165) is 5.75 Å². The third kappa shape index (κ3) is 4.28. The number of allylic oxidation sites excluding steroid dienone is 2. The normalized spacial score (nSPS) is 11.1. The van der Waals surface area contributed by atoms with Crippen molar-refractivity contribution in [2.24, 2.45) is 0 Å². The Morgan fingerprint density at radius 2 is 1.74 bits per heavy atom. The Morgan fingerprint density at radius 3 is 2.32 bits per heavy atom. The average Bonchev–Trinajstić information content (AvgIpc) is 2.48.